The van der Waals surface area contributed by atoms with Crippen molar-refractivity contribution in [1.29, 1.82) is 0 Å². The predicted molar refractivity (Wildman–Crippen MR) is 64.3 cm³/mol. The topological polar surface area (TPSA) is 80.3 Å². The van der Waals surface area contributed by atoms with Crippen molar-refractivity contribution in [2.24, 2.45) is 0 Å². The van der Waals surface area contributed by atoms with Crippen molar-refractivity contribution in [2.45, 2.75) is 41.3 Å². The van der Waals surface area contributed by atoms with Crippen LogP contribution < -0.4 is 4.13 Å². The van der Waals surface area contributed by atoms with Crippen molar-refractivity contribution in [3.8, 4) is 0 Å². The summed E-state index contributed by atoms with van der Waals surface area (Å²) < 4.78 is 141. The molecule has 0 spiro atoms. The first-order valence-corrected chi connectivity index (χ1v) is 8.89. The molecule has 0 rings (SSSR count). The van der Waals surface area contributed by atoms with E-state index in [1.807, 2.05) is 0 Å². The van der Waals surface area contributed by atoms with Crippen LogP contribution in [0.1, 0.15) is 20.3 Å². The molecule has 0 heterocycles. The Morgan fingerprint density at radius 1 is 0.826 bits per heavy atom. The maximum atomic E-state index is 13.2. The van der Waals surface area contributed by atoms with Crippen LogP contribution in [-0.4, -0.2) is 37.9 Å². The number of sulfonamides is 2. The molecule has 0 atom stereocenters. The fraction of sp³-hybridized carbons (Fsp3) is 1.00. The van der Waals surface area contributed by atoms with Crippen LogP contribution in [0.3, 0.4) is 0 Å². The summed E-state index contributed by atoms with van der Waals surface area (Å²) in [6.07, 6.45) is -2.71. The Hall–Kier alpha value is -0.350. The van der Waals surface area contributed by atoms with Gasteiger partial charge in [0.2, 0.25) is 0 Å². The SMILES string of the molecule is CC(F)(F)CC(F)(F)S(=O)(=O)NS(=O)(=O)C(F)(F)SC(C)(F)F. The van der Waals surface area contributed by atoms with Gasteiger partial charge >= 0.3 is 19.9 Å². The summed E-state index contributed by atoms with van der Waals surface area (Å²) in [6.45, 7) is -0.297. The fourth-order valence-corrected chi connectivity index (χ4v) is 5.05. The molecule has 0 fully saturated rings. The maximum Gasteiger partial charge on any atom is 0.412 e. The van der Waals surface area contributed by atoms with E-state index in [1.54, 1.807) is 0 Å². The molecule has 5 nitrogen and oxygen atoms in total. The van der Waals surface area contributed by atoms with Gasteiger partial charge in [-0.1, -0.05) is 4.13 Å². The van der Waals surface area contributed by atoms with Crippen molar-refractivity contribution in [3.63, 3.8) is 0 Å². The van der Waals surface area contributed by atoms with E-state index in [2.05, 4.69) is 0 Å². The van der Waals surface area contributed by atoms with Gasteiger partial charge in [-0.05, 0) is 6.92 Å². The van der Waals surface area contributed by atoms with Crippen LogP contribution >= 0.6 is 11.8 Å². The molecule has 0 aliphatic rings. The largest absolute Gasteiger partial charge is 0.412 e. The molecule has 23 heavy (non-hydrogen) atoms. The predicted octanol–water partition coefficient (Wildman–Crippen LogP) is 2.77. The van der Waals surface area contributed by atoms with E-state index < -0.39 is 59.2 Å². The lowest BCUT2D eigenvalue weighted by molar-refractivity contribution is -0.0575. The molecule has 0 aliphatic carbocycles. The van der Waals surface area contributed by atoms with Crippen LogP contribution in [0.4, 0.5) is 35.1 Å². The lowest BCUT2D eigenvalue weighted by Crippen LogP contribution is -2.49. The van der Waals surface area contributed by atoms with Crippen molar-refractivity contribution in [2.75, 3.05) is 0 Å². The van der Waals surface area contributed by atoms with Crippen LogP contribution in [0.15, 0.2) is 0 Å². The standard InChI is InChI=1S/C7H9F8NO4S3/c1-4(8,9)3-6(12,13)22(17,18)16-23(19,20)7(14,15)21-5(2,10)11/h16H,3H2,1-2H3. The highest BCUT2D eigenvalue weighted by Crippen LogP contribution is 2.45. The second-order valence-corrected chi connectivity index (χ2v) is 9.83. The van der Waals surface area contributed by atoms with Gasteiger partial charge in [0.1, 0.15) is 0 Å². The highest BCUT2D eigenvalue weighted by Gasteiger charge is 2.58. The normalized spacial score (nSPS) is 15.7. The molecule has 0 aromatic carbocycles. The van der Waals surface area contributed by atoms with Crippen LogP contribution in [0.2, 0.25) is 0 Å². The molecule has 0 aliphatic heterocycles. The first kappa shape index (κ1) is 22.6. The molecular weight excluding hydrogens is 410 g/mol. The Morgan fingerprint density at radius 3 is 1.52 bits per heavy atom. The average Bonchev–Trinajstić information content (AvgIpc) is 2.05. The van der Waals surface area contributed by atoms with Crippen LogP contribution in [0.25, 0.3) is 0 Å². The van der Waals surface area contributed by atoms with Crippen LogP contribution in [0, 0.1) is 0 Å². The zero-order chi connectivity index (χ0) is 19.1. The van der Waals surface area contributed by atoms with Gasteiger partial charge in [-0.2, -0.15) is 26.3 Å². The van der Waals surface area contributed by atoms with Gasteiger partial charge in [0.15, 0.2) is 0 Å². The Labute approximate surface area is 129 Å². The third-order valence-electron chi connectivity index (χ3n) is 1.74. The smallest absolute Gasteiger partial charge is 0.207 e. The van der Waals surface area contributed by atoms with Gasteiger partial charge < -0.3 is 0 Å². The lowest BCUT2D eigenvalue weighted by atomic mass is 10.3. The van der Waals surface area contributed by atoms with Crippen molar-refractivity contribution in [1.82, 2.24) is 4.13 Å². The zero-order valence-corrected chi connectivity index (χ0v) is 13.5. The molecule has 1 N–H and O–H groups in total. The molecule has 0 saturated carbocycles. The van der Waals surface area contributed by atoms with E-state index in [9.17, 15) is 52.0 Å². The summed E-state index contributed by atoms with van der Waals surface area (Å²) in [5.74, 6) is -4.30. The molecule has 16 heteroatoms. The highest BCUT2D eigenvalue weighted by molar-refractivity contribution is 8.17. The summed E-state index contributed by atoms with van der Waals surface area (Å²) in [5.41, 5.74) is 0. The number of halogens is 8. The second kappa shape index (κ2) is 6.18. The van der Waals surface area contributed by atoms with Crippen LogP contribution in [0.5, 0.6) is 0 Å². The number of thioether (sulfide) groups is 1. The number of hydrogen-bond donors (Lipinski definition) is 1. The summed E-state index contributed by atoms with van der Waals surface area (Å²) in [7, 11) is -13.2. The fourth-order valence-electron chi connectivity index (χ4n) is 0.974. The summed E-state index contributed by atoms with van der Waals surface area (Å²) in [4.78, 5) is 0. The van der Waals surface area contributed by atoms with Gasteiger partial charge in [0.05, 0.1) is 6.42 Å². The molecular formula is C7H9F8NO4S3. The Bertz CT molecular complexity index is 578. The second-order valence-electron chi connectivity index (χ2n) is 4.35. The third-order valence-corrected chi connectivity index (χ3v) is 6.56. The minimum Gasteiger partial charge on any atom is -0.207 e. The number of nitrogens with one attached hydrogen (secondary N) is 1. The molecule has 0 unspecified atom stereocenters. The summed E-state index contributed by atoms with van der Waals surface area (Å²) in [5, 5.41) is -9.84. The summed E-state index contributed by atoms with van der Waals surface area (Å²) >= 11 is -1.84. The molecule has 0 bridgehead atoms. The molecule has 0 saturated heterocycles. The number of rotatable bonds is 8. The van der Waals surface area contributed by atoms with E-state index >= 15 is 0 Å². The zero-order valence-electron chi connectivity index (χ0n) is 11.1. The maximum absolute atomic E-state index is 13.2. The van der Waals surface area contributed by atoms with Gasteiger partial charge in [-0.25, -0.2) is 25.6 Å². The molecule has 0 aromatic rings. The molecule has 140 valence electrons. The van der Waals surface area contributed by atoms with E-state index in [1.165, 1.54) is 0 Å². The van der Waals surface area contributed by atoms with Crippen molar-refractivity contribution >= 4 is 31.8 Å². The first-order chi connectivity index (χ1) is 9.62. The van der Waals surface area contributed by atoms with Gasteiger partial charge in [0, 0.05) is 18.7 Å². The van der Waals surface area contributed by atoms with Gasteiger partial charge in [0.25, 0.3) is 21.2 Å². The number of hydrogen-bond acceptors (Lipinski definition) is 5. The number of alkyl halides is 8. The van der Waals surface area contributed by atoms with E-state index in [0.29, 0.717) is 0 Å². The van der Waals surface area contributed by atoms with Crippen LogP contribution in [-0.2, 0) is 20.0 Å². The van der Waals surface area contributed by atoms with Gasteiger partial charge in [-0.3, -0.25) is 0 Å². The third kappa shape index (κ3) is 6.58. The molecule has 0 amide bonds. The van der Waals surface area contributed by atoms with Gasteiger partial charge in [-0.15, -0.1) is 0 Å². The van der Waals surface area contributed by atoms with Crippen molar-refractivity contribution < 1.29 is 52.0 Å². The molecule has 0 aromatic heterocycles. The first-order valence-electron chi connectivity index (χ1n) is 5.11. The van der Waals surface area contributed by atoms with E-state index in [0.717, 1.165) is 0 Å². The lowest BCUT2D eigenvalue weighted by Gasteiger charge is -2.23. The monoisotopic (exact) mass is 419 g/mol. The average molecular weight is 419 g/mol. The minimum atomic E-state index is -6.60. The van der Waals surface area contributed by atoms with Crippen molar-refractivity contribution in [3.05, 3.63) is 0 Å². The summed E-state index contributed by atoms with van der Waals surface area (Å²) in [6, 6.07) is 0. The van der Waals surface area contributed by atoms with E-state index in [4.69, 9.17) is 0 Å². The minimum absolute atomic E-state index is 0.132. The molecule has 0 radical (unpaired) electrons. The highest BCUT2D eigenvalue weighted by atomic mass is 32.3. The van der Waals surface area contributed by atoms with E-state index in [-0.39, 0.29) is 18.0 Å². The quantitative estimate of drug-likeness (QED) is 0.612. The Morgan fingerprint density at radius 2 is 1.22 bits per heavy atom. The Balaban J connectivity index is 5.61. The Kier molecular flexibility index (Phi) is 6.09.